The molecule has 1 unspecified atom stereocenters. The van der Waals surface area contributed by atoms with Crippen LogP contribution in [0.1, 0.15) is 44.2 Å². The summed E-state index contributed by atoms with van der Waals surface area (Å²) in [5, 5.41) is 7.40. The second-order valence-corrected chi connectivity index (χ2v) is 6.98. The number of rotatable bonds is 10. The maximum absolute atomic E-state index is 5.44. The van der Waals surface area contributed by atoms with Crippen LogP contribution in [0.25, 0.3) is 0 Å². The van der Waals surface area contributed by atoms with E-state index in [0.717, 1.165) is 56.7 Å². The summed E-state index contributed by atoms with van der Waals surface area (Å²) < 4.78 is 10.6. The Bertz CT molecular complexity index is 518. The van der Waals surface area contributed by atoms with Crippen LogP contribution in [0.15, 0.2) is 24.3 Å². The first kappa shape index (κ1) is 20.9. The van der Waals surface area contributed by atoms with E-state index in [4.69, 9.17) is 21.7 Å². The summed E-state index contributed by atoms with van der Waals surface area (Å²) >= 11 is 5.44. The normalized spacial score (nSPS) is 16.1. The van der Waals surface area contributed by atoms with Crippen LogP contribution < -0.4 is 15.4 Å². The van der Waals surface area contributed by atoms with Gasteiger partial charge in [0.15, 0.2) is 5.11 Å². The van der Waals surface area contributed by atoms with E-state index in [1.165, 1.54) is 24.8 Å². The molecule has 1 aromatic rings. The Kier molecular flexibility index (Phi) is 9.74. The molecule has 0 spiro atoms. The van der Waals surface area contributed by atoms with Crippen LogP contribution in [0.2, 0.25) is 0 Å². The van der Waals surface area contributed by atoms with E-state index in [1.807, 2.05) is 19.1 Å². The smallest absolute Gasteiger partial charge is 0.166 e. The SMILES string of the molecule is CCOCCCNC(=S)NCC(c1ccc(OC)cc1)N1CCCCC1. The summed E-state index contributed by atoms with van der Waals surface area (Å²) in [6.07, 6.45) is 4.84. The zero-order valence-electron chi connectivity index (χ0n) is 16.1. The molecular weight excluding hydrogens is 346 g/mol. The maximum atomic E-state index is 5.44. The molecule has 26 heavy (non-hydrogen) atoms. The summed E-state index contributed by atoms with van der Waals surface area (Å²) in [7, 11) is 1.70. The number of ether oxygens (including phenoxy) is 2. The Morgan fingerprint density at radius 1 is 1.15 bits per heavy atom. The molecule has 1 heterocycles. The molecule has 146 valence electrons. The first-order chi connectivity index (χ1) is 12.7. The van der Waals surface area contributed by atoms with Gasteiger partial charge in [0.1, 0.15) is 5.75 Å². The van der Waals surface area contributed by atoms with Crippen molar-refractivity contribution < 1.29 is 9.47 Å². The molecule has 0 saturated carbocycles. The van der Waals surface area contributed by atoms with Crippen molar-refractivity contribution in [3.63, 3.8) is 0 Å². The summed E-state index contributed by atoms with van der Waals surface area (Å²) in [6, 6.07) is 8.73. The van der Waals surface area contributed by atoms with Crippen molar-refractivity contribution >= 4 is 17.3 Å². The van der Waals surface area contributed by atoms with Gasteiger partial charge in [0.05, 0.1) is 13.2 Å². The average Bonchev–Trinajstić information content (AvgIpc) is 2.69. The van der Waals surface area contributed by atoms with Crippen molar-refractivity contribution in [2.45, 2.75) is 38.6 Å². The van der Waals surface area contributed by atoms with Crippen LogP contribution in [-0.4, -0.2) is 56.5 Å². The fourth-order valence-electron chi connectivity index (χ4n) is 3.29. The van der Waals surface area contributed by atoms with Crippen LogP contribution in [0.5, 0.6) is 5.75 Å². The summed E-state index contributed by atoms with van der Waals surface area (Å²) in [6.45, 7) is 7.49. The molecule has 0 aliphatic carbocycles. The van der Waals surface area contributed by atoms with E-state index in [0.29, 0.717) is 6.04 Å². The Morgan fingerprint density at radius 3 is 2.54 bits per heavy atom. The van der Waals surface area contributed by atoms with Crippen molar-refractivity contribution in [1.29, 1.82) is 0 Å². The predicted molar refractivity (Wildman–Crippen MR) is 111 cm³/mol. The van der Waals surface area contributed by atoms with E-state index in [-0.39, 0.29) is 0 Å². The molecule has 2 rings (SSSR count). The van der Waals surface area contributed by atoms with E-state index < -0.39 is 0 Å². The molecule has 0 bridgehead atoms. The van der Waals surface area contributed by atoms with Crippen molar-refractivity contribution in [3.05, 3.63) is 29.8 Å². The largest absolute Gasteiger partial charge is 0.497 e. The third-order valence-corrected chi connectivity index (χ3v) is 5.03. The molecule has 1 saturated heterocycles. The van der Waals surface area contributed by atoms with Crippen molar-refractivity contribution in [1.82, 2.24) is 15.5 Å². The highest BCUT2D eigenvalue weighted by molar-refractivity contribution is 7.80. The van der Waals surface area contributed by atoms with Gasteiger partial charge in [-0.1, -0.05) is 18.6 Å². The lowest BCUT2D eigenvalue weighted by molar-refractivity contribution is 0.145. The van der Waals surface area contributed by atoms with Crippen LogP contribution in [0, 0.1) is 0 Å². The number of hydrogen-bond donors (Lipinski definition) is 2. The van der Waals surface area contributed by atoms with Gasteiger partial charge in [-0.15, -0.1) is 0 Å². The van der Waals surface area contributed by atoms with Crippen molar-refractivity contribution in [3.8, 4) is 5.75 Å². The first-order valence-electron chi connectivity index (χ1n) is 9.72. The van der Waals surface area contributed by atoms with Crippen molar-refractivity contribution in [2.75, 3.05) is 46.5 Å². The van der Waals surface area contributed by atoms with Gasteiger partial charge in [0.2, 0.25) is 0 Å². The molecule has 5 nitrogen and oxygen atoms in total. The van der Waals surface area contributed by atoms with Crippen LogP contribution >= 0.6 is 12.2 Å². The quantitative estimate of drug-likeness (QED) is 0.481. The molecule has 6 heteroatoms. The van der Waals surface area contributed by atoms with Gasteiger partial charge in [-0.3, -0.25) is 4.90 Å². The van der Waals surface area contributed by atoms with E-state index in [2.05, 4.69) is 27.7 Å². The van der Waals surface area contributed by atoms with Crippen LogP contribution in [0.4, 0.5) is 0 Å². The number of likely N-dealkylation sites (tertiary alicyclic amines) is 1. The second-order valence-electron chi connectivity index (χ2n) is 6.57. The molecule has 0 amide bonds. The Balaban J connectivity index is 1.88. The minimum Gasteiger partial charge on any atom is -0.497 e. The lowest BCUT2D eigenvalue weighted by atomic mass is 10.0. The standard InChI is InChI=1S/C20H33N3O2S/c1-3-25-15-7-12-21-20(26)22-16-19(23-13-5-4-6-14-23)17-8-10-18(24-2)11-9-17/h8-11,19H,3-7,12-16H2,1-2H3,(H2,21,22,26). The third-order valence-electron chi connectivity index (χ3n) is 4.74. The summed E-state index contributed by atoms with van der Waals surface area (Å²) in [5.41, 5.74) is 1.30. The van der Waals surface area contributed by atoms with Gasteiger partial charge >= 0.3 is 0 Å². The number of thiocarbonyl (C=S) groups is 1. The second kappa shape index (κ2) is 12.1. The number of methoxy groups -OCH3 is 1. The first-order valence-corrected chi connectivity index (χ1v) is 10.1. The predicted octanol–water partition coefficient (Wildman–Crippen LogP) is 3.11. The number of benzene rings is 1. The fraction of sp³-hybridized carbons (Fsp3) is 0.650. The fourth-order valence-corrected chi connectivity index (χ4v) is 3.47. The van der Waals surface area contributed by atoms with Gasteiger partial charge in [-0.05, 0) is 69.2 Å². The zero-order chi connectivity index (χ0) is 18.6. The Labute approximate surface area is 163 Å². The highest BCUT2D eigenvalue weighted by atomic mass is 32.1. The Hall–Kier alpha value is -1.37. The summed E-state index contributed by atoms with van der Waals surface area (Å²) in [4.78, 5) is 2.57. The lowest BCUT2D eigenvalue weighted by Gasteiger charge is -2.35. The zero-order valence-corrected chi connectivity index (χ0v) is 16.9. The molecule has 1 aliphatic heterocycles. The highest BCUT2D eigenvalue weighted by Gasteiger charge is 2.22. The number of piperidine rings is 1. The molecule has 1 fully saturated rings. The number of nitrogens with zero attached hydrogens (tertiary/aromatic N) is 1. The minimum atomic E-state index is 0.324. The molecule has 0 aromatic heterocycles. The monoisotopic (exact) mass is 379 g/mol. The van der Waals surface area contributed by atoms with E-state index >= 15 is 0 Å². The van der Waals surface area contributed by atoms with Gasteiger partial charge in [-0.25, -0.2) is 0 Å². The molecule has 2 N–H and O–H groups in total. The van der Waals surface area contributed by atoms with Crippen molar-refractivity contribution in [2.24, 2.45) is 0 Å². The van der Waals surface area contributed by atoms with Gasteiger partial charge < -0.3 is 20.1 Å². The van der Waals surface area contributed by atoms with Crippen LogP contribution in [-0.2, 0) is 4.74 Å². The molecule has 1 aliphatic rings. The van der Waals surface area contributed by atoms with Gasteiger partial charge in [0, 0.05) is 26.3 Å². The number of hydrogen-bond acceptors (Lipinski definition) is 4. The molecule has 1 atom stereocenters. The topological polar surface area (TPSA) is 45.8 Å². The molecule has 0 radical (unpaired) electrons. The maximum Gasteiger partial charge on any atom is 0.166 e. The van der Waals surface area contributed by atoms with Crippen LogP contribution in [0.3, 0.4) is 0 Å². The van der Waals surface area contributed by atoms with Gasteiger partial charge in [0.25, 0.3) is 0 Å². The minimum absolute atomic E-state index is 0.324. The number of nitrogens with one attached hydrogen (secondary N) is 2. The van der Waals surface area contributed by atoms with E-state index in [9.17, 15) is 0 Å². The third kappa shape index (κ3) is 7.09. The lowest BCUT2D eigenvalue weighted by Crippen LogP contribution is -2.43. The van der Waals surface area contributed by atoms with E-state index in [1.54, 1.807) is 7.11 Å². The average molecular weight is 380 g/mol. The molecular formula is C20H33N3O2S. The summed E-state index contributed by atoms with van der Waals surface area (Å²) in [5.74, 6) is 0.894. The highest BCUT2D eigenvalue weighted by Crippen LogP contribution is 2.25. The van der Waals surface area contributed by atoms with Gasteiger partial charge in [-0.2, -0.15) is 0 Å². The molecule has 1 aromatic carbocycles. The Morgan fingerprint density at radius 2 is 1.88 bits per heavy atom.